The van der Waals surface area contributed by atoms with Crippen LogP contribution < -0.4 is 30.8 Å². The monoisotopic (exact) mass is 287 g/mol. The van der Waals surface area contributed by atoms with Gasteiger partial charge in [-0.25, -0.2) is 0 Å². The van der Waals surface area contributed by atoms with E-state index in [1.807, 2.05) is 0 Å². The Morgan fingerprint density at radius 3 is 0.444 bits per heavy atom. The molecule has 128 valence electrons. The summed E-state index contributed by atoms with van der Waals surface area (Å²) in [5, 5.41) is 30.3. The van der Waals surface area contributed by atoms with E-state index in [0.29, 0.717) is 0 Å². The van der Waals surface area contributed by atoms with Gasteiger partial charge < -0.3 is 56.7 Å². The van der Waals surface area contributed by atoms with Gasteiger partial charge in [-0.05, 0) is 27.7 Å². The number of hydrogen-bond acceptors (Lipinski definition) is 9. The number of aliphatic hydroxyl groups excluding tert-OH is 4. The molecule has 0 unspecified atom stereocenters. The summed E-state index contributed by atoms with van der Waals surface area (Å²) < 4.78 is 0. The molecule has 0 aromatic carbocycles. The van der Waals surface area contributed by atoms with Crippen LogP contribution in [0.1, 0.15) is 27.7 Å². The van der Waals surface area contributed by atoms with E-state index in [4.69, 9.17) is 20.4 Å². The van der Waals surface area contributed by atoms with Crippen LogP contribution in [-0.2, 0) is 0 Å². The zero-order valence-corrected chi connectivity index (χ0v) is 12.7. The summed E-state index contributed by atoms with van der Waals surface area (Å²) in [4.78, 5) is 0. The summed E-state index contributed by atoms with van der Waals surface area (Å²) in [6.45, 7) is 7.72. The first-order chi connectivity index (χ1) is 5.66. The molecular formula is C8H41N5O5. The maximum absolute atomic E-state index is 7.57. The molecule has 0 spiro atoms. The Bertz CT molecular complexity index is 35.8. The molecule has 10 nitrogen and oxygen atoms in total. The highest BCUT2D eigenvalue weighted by Gasteiger charge is 1.35. The van der Waals surface area contributed by atoms with Crippen LogP contribution in [0.25, 0.3) is 0 Å². The first-order valence-electron chi connectivity index (χ1n) is 4.09. The summed E-state index contributed by atoms with van der Waals surface area (Å²) in [7, 11) is 0. The third-order valence-corrected chi connectivity index (χ3v) is 0. The van der Waals surface area contributed by atoms with Crippen molar-refractivity contribution in [2.45, 2.75) is 27.7 Å². The lowest BCUT2D eigenvalue weighted by molar-refractivity contribution is 0.318. The van der Waals surface area contributed by atoms with Gasteiger partial charge in [-0.3, -0.25) is 0 Å². The normalized spacial score (nSPS) is 4.00. The molecule has 0 rings (SSSR count). The fourth-order valence-electron chi connectivity index (χ4n) is 0. The zero-order valence-electron chi connectivity index (χ0n) is 12.7. The Hall–Kier alpha value is -0.400. The van der Waals surface area contributed by atoms with Crippen LogP contribution >= 0.6 is 0 Å². The molecule has 0 amide bonds. The van der Waals surface area contributed by atoms with Gasteiger partial charge in [0.2, 0.25) is 0 Å². The van der Waals surface area contributed by atoms with E-state index in [2.05, 4.69) is 0 Å². The lowest BCUT2D eigenvalue weighted by atomic mass is 10.9. The Balaban J connectivity index is -0.00000000533. The summed E-state index contributed by atoms with van der Waals surface area (Å²) in [6.07, 6.45) is 0. The molecule has 0 aliphatic rings. The van der Waals surface area contributed by atoms with E-state index in [9.17, 15) is 0 Å². The van der Waals surface area contributed by atoms with E-state index in [1.54, 1.807) is 27.7 Å². The van der Waals surface area contributed by atoms with Crippen LogP contribution in [0, 0.1) is 0 Å². The van der Waals surface area contributed by atoms with Gasteiger partial charge in [0.15, 0.2) is 0 Å². The Kier molecular flexibility index (Phi) is 1450. The standard InChI is InChI=1S/4C2H6O.5H3N.H2O/c4*1-2-3;;;;;;/h4*3H,2H2,1H3;5*1H3;1H2. The van der Waals surface area contributed by atoms with Gasteiger partial charge in [-0.1, -0.05) is 0 Å². The van der Waals surface area contributed by atoms with Crippen molar-refractivity contribution in [3.63, 3.8) is 0 Å². The van der Waals surface area contributed by atoms with Gasteiger partial charge in [0, 0.05) is 26.4 Å². The zero-order chi connectivity index (χ0) is 10.8. The predicted molar refractivity (Wildman–Crippen MR) is 79.8 cm³/mol. The van der Waals surface area contributed by atoms with Crippen LogP contribution in [0.3, 0.4) is 0 Å². The van der Waals surface area contributed by atoms with Crippen LogP contribution in [0.15, 0.2) is 0 Å². The van der Waals surface area contributed by atoms with Gasteiger partial charge in [0.05, 0.1) is 0 Å². The highest BCUT2D eigenvalue weighted by Crippen LogP contribution is 1.30. The topological polar surface area (TPSA) is 287 Å². The van der Waals surface area contributed by atoms with Crippen molar-refractivity contribution in [2.24, 2.45) is 0 Å². The Labute approximate surface area is 112 Å². The molecule has 0 radical (unpaired) electrons. The van der Waals surface area contributed by atoms with Crippen LogP contribution in [0.2, 0.25) is 0 Å². The molecule has 21 N–H and O–H groups in total. The summed E-state index contributed by atoms with van der Waals surface area (Å²) in [5.74, 6) is 0. The predicted octanol–water partition coefficient (Wildman–Crippen LogP) is -0.0203. The molecule has 0 aliphatic heterocycles. The number of rotatable bonds is 0. The summed E-state index contributed by atoms with van der Waals surface area (Å²) >= 11 is 0. The third kappa shape index (κ3) is 20800. The van der Waals surface area contributed by atoms with Crippen molar-refractivity contribution in [1.29, 1.82) is 0 Å². The molecule has 0 saturated carbocycles. The van der Waals surface area contributed by atoms with Gasteiger partial charge in [0.25, 0.3) is 0 Å². The molecule has 0 aliphatic carbocycles. The number of hydrogen-bond donors (Lipinski definition) is 9. The van der Waals surface area contributed by atoms with Crippen molar-refractivity contribution in [3.05, 3.63) is 0 Å². The molecule has 0 bridgehead atoms. The molecule has 0 aromatic rings. The average Bonchev–Trinajstić information content (AvgIpc) is 1.92. The minimum Gasteiger partial charge on any atom is -0.412 e. The van der Waals surface area contributed by atoms with E-state index in [-0.39, 0.29) is 62.7 Å². The van der Waals surface area contributed by atoms with E-state index < -0.39 is 0 Å². The fraction of sp³-hybridized carbons (Fsp3) is 1.00. The minimum absolute atomic E-state index is 0. The molecule has 0 saturated heterocycles. The first kappa shape index (κ1) is 84.0. The van der Waals surface area contributed by atoms with Gasteiger partial charge in [-0.15, -0.1) is 0 Å². The minimum atomic E-state index is 0. The second-order valence-corrected chi connectivity index (χ2v) is 1.26. The first-order valence-corrected chi connectivity index (χ1v) is 4.09. The van der Waals surface area contributed by atoms with E-state index in [1.165, 1.54) is 0 Å². The summed E-state index contributed by atoms with van der Waals surface area (Å²) in [6, 6.07) is 0. The van der Waals surface area contributed by atoms with Crippen molar-refractivity contribution >= 4 is 0 Å². The highest BCUT2D eigenvalue weighted by atomic mass is 16.3. The van der Waals surface area contributed by atoms with Gasteiger partial charge >= 0.3 is 0 Å². The molecule has 0 atom stereocenters. The third-order valence-electron chi connectivity index (χ3n) is 0. The quantitative estimate of drug-likeness (QED) is 0.288. The molecular weight excluding hydrogens is 246 g/mol. The van der Waals surface area contributed by atoms with Crippen LogP contribution in [-0.4, -0.2) is 52.3 Å². The maximum Gasteiger partial charge on any atom is 0.0402 e. The van der Waals surface area contributed by atoms with E-state index in [0.717, 1.165) is 0 Å². The number of aliphatic hydroxyl groups is 4. The smallest absolute Gasteiger partial charge is 0.0402 e. The van der Waals surface area contributed by atoms with Crippen LogP contribution in [0.4, 0.5) is 0 Å². The lowest BCUT2D eigenvalue weighted by Gasteiger charge is -1.52. The molecule has 0 fully saturated rings. The molecule has 0 heterocycles. The fourth-order valence-corrected chi connectivity index (χ4v) is 0. The second kappa shape index (κ2) is 312. The Morgan fingerprint density at radius 1 is 0.444 bits per heavy atom. The average molecular weight is 287 g/mol. The SMILES string of the molecule is CCO.CCO.CCO.CCO.N.N.N.N.N.O. The van der Waals surface area contributed by atoms with Crippen LogP contribution in [0.5, 0.6) is 0 Å². The van der Waals surface area contributed by atoms with Crippen molar-refractivity contribution in [3.8, 4) is 0 Å². The Morgan fingerprint density at radius 2 is 0.444 bits per heavy atom. The molecule has 0 aromatic heterocycles. The van der Waals surface area contributed by atoms with Gasteiger partial charge in [0.1, 0.15) is 0 Å². The second-order valence-electron chi connectivity index (χ2n) is 1.26. The van der Waals surface area contributed by atoms with Crippen molar-refractivity contribution in [1.82, 2.24) is 30.8 Å². The molecule has 18 heavy (non-hydrogen) atoms. The van der Waals surface area contributed by atoms with Crippen molar-refractivity contribution in [2.75, 3.05) is 26.4 Å². The van der Waals surface area contributed by atoms with Crippen molar-refractivity contribution < 1.29 is 25.9 Å². The largest absolute Gasteiger partial charge is 0.412 e. The highest BCUT2D eigenvalue weighted by molar-refractivity contribution is 3.84. The molecule has 10 heteroatoms. The lowest BCUT2D eigenvalue weighted by Crippen LogP contribution is -1.57. The van der Waals surface area contributed by atoms with E-state index >= 15 is 0 Å². The maximum atomic E-state index is 7.57. The summed E-state index contributed by atoms with van der Waals surface area (Å²) in [5.41, 5.74) is 0. The van der Waals surface area contributed by atoms with Gasteiger partial charge in [-0.2, -0.15) is 0 Å².